The Morgan fingerprint density at radius 1 is 1.20 bits per heavy atom. The molecule has 1 aliphatic carbocycles. The molecule has 20 heavy (non-hydrogen) atoms. The number of benzene rings is 1. The molecule has 2 nitrogen and oxygen atoms in total. The molecule has 2 atom stereocenters. The third-order valence-corrected chi connectivity index (χ3v) is 4.15. The van der Waals surface area contributed by atoms with Gasteiger partial charge in [-0.25, -0.2) is 0 Å². The first kappa shape index (κ1) is 15.4. The molecule has 0 radical (unpaired) electrons. The van der Waals surface area contributed by atoms with Gasteiger partial charge in [-0.2, -0.15) is 0 Å². The first-order valence-corrected chi connectivity index (χ1v) is 7.96. The summed E-state index contributed by atoms with van der Waals surface area (Å²) in [6.45, 7) is 9.03. The van der Waals surface area contributed by atoms with Crippen LogP contribution in [0.2, 0.25) is 0 Å². The molecule has 0 amide bonds. The highest BCUT2D eigenvalue weighted by atomic mass is 16.5. The van der Waals surface area contributed by atoms with E-state index in [9.17, 15) is 0 Å². The zero-order chi connectivity index (χ0) is 14.4. The van der Waals surface area contributed by atoms with Gasteiger partial charge >= 0.3 is 0 Å². The standard InChI is InChI=1S/C18H29NO/c1-15-12-16(14-18(2,3)13-15)19-10-7-11-20-17-8-5-4-6-9-17/h4-6,8-9,15-16,19H,7,10-14H2,1-3H3. The van der Waals surface area contributed by atoms with Gasteiger partial charge in [-0.1, -0.05) is 39.0 Å². The second-order valence-electron chi connectivity index (χ2n) is 7.08. The molecule has 1 aromatic rings. The monoisotopic (exact) mass is 275 g/mol. The van der Waals surface area contributed by atoms with Crippen molar-refractivity contribution < 1.29 is 4.74 Å². The van der Waals surface area contributed by atoms with Crippen molar-refractivity contribution in [3.63, 3.8) is 0 Å². The van der Waals surface area contributed by atoms with Crippen LogP contribution in [0.25, 0.3) is 0 Å². The quantitative estimate of drug-likeness (QED) is 0.783. The minimum Gasteiger partial charge on any atom is -0.494 e. The Labute approximate surface area is 123 Å². The largest absolute Gasteiger partial charge is 0.494 e. The number of rotatable bonds is 6. The molecule has 2 unspecified atom stereocenters. The van der Waals surface area contributed by atoms with Crippen LogP contribution in [-0.4, -0.2) is 19.2 Å². The van der Waals surface area contributed by atoms with E-state index in [1.807, 2.05) is 30.3 Å². The van der Waals surface area contributed by atoms with E-state index in [2.05, 4.69) is 26.1 Å². The normalized spacial score (nSPS) is 25.4. The van der Waals surface area contributed by atoms with E-state index >= 15 is 0 Å². The van der Waals surface area contributed by atoms with Crippen LogP contribution in [0.4, 0.5) is 0 Å². The summed E-state index contributed by atoms with van der Waals surface area (Å²) in [4.78, 5) is 0. The maximum absolute atomic E-state index is 5.72. The molecule has 0 aliphatic heterocycles. The summed E-state index contributed by atoms with van der Waals surface area (Å²) in [6, 6.07) is 10.8. The van der Waals surface area contributed by atoms with Crippen LogP contribution in [0, 0.1) is 11.3 Å². The average Bonchev–Trinajstić information content (AvgIpc) is 2.37. The lowest BCUT2D eigenvalue weighted by Gasteiger charge is -2.39. The molecule has 1 fully saturated rings. The summed E-state index contributed by atoms with van der Waals surface area (Å²) in [5.74, 6) is 1.82. The Hall–Kier alpha value is -1.02. The highest BCUT2D eigenvalue weighted by molar-refractivity contribution is 5.20. The summed E-state index contributed by atoms with van der Waals surface area (Å²) < 4.78 is 5.72. The highest BCUT2D eigenvalue weighted by Gasteiger charge is 2.31. The van der Waals surface area contributed by atoms with Crippen LogP contribution in [0.1, 0.15) is 46.5 Å². The SMILES string of the molecule is CC1CC(NCCCOc2ccccc2)CC(C)(C)C1. The first-order chi connectivity index (χ1) is 9.55. The van der Waals surface area contributed by atoms with Crippen LogP contribution in [0.5, 0.6) is 5.75 Å². The maximum atomic E-state index is 5.72. The second-order valence-corrected chi connectivity index (χ2v) is 7.08. The molecule has 0 heterocycles. The van der Waals surface area contributed by atoms with Crippen molar-refractivity contribution in [3.05, 3.63) is 30.3 Å². The van der Waals surface area contributed by atoms with Crippen molar-refractivity contribution in [3.8, 4) is 5.75 Å². The molecule has 1 aromatic carbocycles. The third kappa shape index (κ3) is 5.16. The van der Waals surface area contributed by atoms with E-state index < -0.39 is 0 Å². The zero-order valence-electron chi connectivity index (χ0n) is 13.2. The molecule has 112 valence electrons. The Kier molecular flexibility index (Phi) is 5.47. The Bertz CT molecular complexity index is 388. The van der Waals surface area contributed by atoms with E-state index in [-0.39, 0.29) is 0 Å². The van der Waals surface area contributed by atoms with Crippen molar-refractivity contribution in [1.82, 2.24) is 5.32 Å². The Morgan fingerprint density at radius 2 is 1.95 bits per heavy atom. The van der Waals surface area contributed by atoms with Gasteiger partial charge in [0.05, 0.1) is 6.61 Å². The van der Waals surface area contributed by atoms with Gasteiger partial charge in [-0.05, 0) is 55.7 Å². The van der Waals surface area contributed by atoms with Gasteiger partial charge in [0.15, 0.2) is 0 Å². The van der Waals surface area contributed by atoms with Crippen molar-refractivity contribution >= 4 is 0 Å². The van der Waals surface area contributed by atoms with Gasteiger partial charge in [0.2, 0.25) is 0 Å². The summed E-state index contributed by atoms with van der Waals surface area (Å²) in [5, 5.41) is 3.71. The minimum atomic E-state index is 0.496. The van der Waals surface area contributed by atoms with Crippen LogP contribution in [-0.2, 0) is 0 Å². The van der Waals surface area contributed by atoms with Gasteiger partial charge in [0.25, 0.3) is 0 Å². The molecule has 1 N–H and O–H groups in total. The van der Waals surface area contributed by atoms with Crippen molar-refractivity contribution in [2.75, 3.05) is 13.2 Å². The van der Waals surface area contributed by atoms with Crippen molar-refractivity contribution in [2.45, 2.75) is 52.5 Å². The molecule has 0 saturated heterocycles. The van der Waals surface area contributed by atoms with E-state index in [1.165, 1.54) is 19.3 Å². The molecule has 1 aliphatic rings. The topological polar surface area (TPSA) is 21.3 Å². The molecular weight excluding hydrogens is 246 g/mol. The fourth-order valence-corrected chi connectivity index (χ4v) is 3.59. The molecule has 0 spiro atoms. The predicted octanol–water partition coefficient (Wildman–Crippen LogP) is 4.26. The van der Waals surface area contributed by atoms with Crippen molar-refractivity contribution in [2.24, 2.45) is 11.3 Å². The molecule has 2 heteroatoms. The van der Waals surface area contributed by atoms with E-state index in [4.69, 9.17) is 4.74 Å². The lowest BCUT2D eigenvalue weighted by Crippen LogP contribution is -2.40. The summed E-state index contributed by atoms with van der Waals surface area (Å²) >= 11 is 0. The number of hydrogen-bond donors (Lipinski definition) is 1. The molecule has 1 saturated carbocycles. The smallest absolute Gasteiger partial charge is 0.119 e. The zero-order valence-corrected chi connectivity index (χ0v) is 13.2. The number of nitrogens with one attached hydrogen (secondary N) is 1. The summed E-state index contributed by atoms with van der Waals surface area (Å²) in [6.07, 6.45) is 5.06. The Morgan fingerprint density at radius 3 is 2.65 bits per heavy atom. The molecule has 0 bridgehead atoms. The number of ether oxygens (including phenoxy) is 1. The fourth-order valence-electron chi connectivity index (χ4n) is 3.59. The van der Waals surface area contributed by atoms with Crippen LogP contribution >= 0.6 is 0 Å². The van der Waals surface area contributed by atoms with Crippen LogP contribution < -0.4 is 10.1 Å². The number of para-hydroxylation sites is 1. The molecule has 0 aromatic heterocycles. The lowest BCUT2D eigenvalue weighted by molar-refractivity contribution is 0.150. The van der Waals surface area contributed by atoms with Gasteiger partial charge in [-0.3, -0.25) is 0 Å². The molecule has 2 rings (SSSR count). The maximum Gasteiger partial charge on any atom is 0.119 e. The second kappa shape index (κ2) is 7.12. The Balaban J connectivity index is 1.61. The fraction of sp³-hybridized carbons (Fsp3) is 0.667. The summed E-state index contributed by atoms with van der Waals surface area (Å²) in [7, 11) is 0. The summed E-state index contributed by atoms with van der Waals surface area (Å²) in [5.41, 5.74) is 0.496. The first-order valence-electron chi connectivity index (χ1n) is 7.96. The van der Waals surface area contributed by atoms with Crippen LogP contribution in [0.15, 0.2) is 30.3 Å². The number of hydrogen-bond acceptors (Lipinski definition) is 2. The highest BCUT2D eigenvalue weighted by Crippen LogP contribution is 2.38. The van der Waals surface area contributed by atoms with Gasteiger partial charge in [0.1, 0.15) is 5.75 Å². The average molecular weight is 275 g/mol. The lowest BCUT2D eigenvalue weighted by atomic mass is 9.70. The molecular formula is C18H29NO. The van der Waals surface area contributed by atoms with Gasteiger partial charge in [0, 0.05) is 6.04 Å². The van der Waals surface area contributed by atoms with Gasteiger partial charge in [-0.15, -0.1) is 0 Å². The van der Waals surface area contributed by atoms with Crippen LogP contribution in [0.3, 0.4) is 0 Å². The minimum absolute atomic E-state index is 0.496. The predicted molar refractivity (Wildman–Crippen MR) is 85.1 cm³/mol. The van der Waals surface area contributed by atoms with Gasteiger partial charge < -0.3 is 10.1 Å². The van der Waals surface area contributed by atoms with E-state index in [1.54, 1.807) is 0 Å². The van der Waals surface area contributed by atoms with E-state index in [0.29, 0.717) is 11.5 Å². The van der Waals surface area contributed by atoms with Crippen molar-refractivity contribution in [1.29, 1.82) is 0 Å². The van der Waals surface area contributed by atoms with E-state index in [0.717, 1.165) is 31.2 Å². The third-order valence-electron chi connectivity index (χ3n) is 4.15.